The van der Waals surface area contributed by atoms with Gasteiger partial charge in [-0.15, -0.1) is 0 Å². The largest absolute Gasteiger partial charge is 0.459 e. The Morgan fingerprint density at radius 3 is 2.58 bits per heavy atom. The Morgan fingerprint density at radius 2 is 2.00 bits per heavy atom. The molecule has 6 nitrogen and oxygen atoms in total. The number of hydrogen-bond donors (Lipinski definition) is 1. The number of carbonyl (C=O) groups is 1. The van der Waals surface area contributed by atoms with Crippen molar-refractivity contribution in [1.82, 2.24) is 10.4 Å². The Labute approximate surface area is 141 Å². The van der Waals surface area contributed by atoms with Gasteiger partial charge in [-0.05, 0) is 45.0 Å². The van der Waals surface area contributed by atoms with Crippen LogP contribution in [-0.4, -0.2) is 22.5 Å². The van der Waals surface area contributed by atoms with E-state index in [4.69, 9.17) is 9.25 Å². The van der Waals surface area contributed by atoms with Crippen molar-refractivity contribution in [3.05, 3.63) is 59.0 Å². The Morgan fingerprint density at radius 1 is 1.29 bits per heavy atom. The third kappa shape index (κ3) is 2.87. The molecule has 1 aromatic heterocycles. The minimum Gasteiger partial charge on any atom is -0.459 e. The number of benzene rings is 1. The van der Waals surface area contributed by atoms with Gasteiger partial charge in [0.15, 0.2) is 11.6 Å². The molecule has 0 bridgehead atoms. The van der Waals surface area contributed by atoms with Gasteiger partial charge >= 0.3 is 5.91 Å². The summed E-state index contributed by atoms with van der Waals surface area (Å²) in [6.07, 6.45) is 2.11. The molecule has 24 heavy (non-hydrogen) atoms. The Hall–Kier alpha value is -2.76. The second-order valence-corrected chi connectivity index (χ2v) is 6.16. The molecule has 0 aliphatic carbocycles. The van der Waals surface area contributed by atoms with Gasteiger partial charge in [0.05, 0.1) is 6.26 Å². The number of oxime groups is 1. The van der Waals surface area contributed by atoms with Crippen LogP contribution in [0.5, 0.6) is 0 Å². The molecule has 1 aliphatic heterocycles. The lowest BCUT2D eigenvalue weighted by molar-refractivity contribution is -0.0995. The normalized spacial score (nSPS) is 19.8. The van der Waals surface area contributed by atoms with Crippen LogP contribution >= 0.6 is 0 Å². The van der Waals surface area contributed by atoms with E-state index in [0.29, 0.717) is 12.3 Å². The first kappa shape index (κ1) is 16.1. The summed E-state index contributed by atoms with van der Waals surface area (Å²) in [7, 11) is 0. The van der Waals surface area contributed by atoms with Gasteiger partial charge in [-0.25, -0.2) is 5.01 Å². The first-order valence-corrected chi connectivity index (χ1v) is 7.92. The van der Waals surface area contributed by atoms with E-state index in [-0.39, 0.29) is 11.7 Å². The molecule has 0 spiro atoms. The van der Waals surface area contributed by atoms with Gasteiger partial charge in [-0.1, -0.05) is 29.3 Å². The average molecular weight is 327 g/mol. The predicted octanol–water partition coefficient (Wildman–Crippen LogP) is 3.36. The fourth-order valence-corrected chi connectivity index (χ4v) is 2.69. The molecule has 1 aromatic carbocycles. The molecule has 0 radical (unpaired) electrons. The van der Waals surface area contributed by atoms with Gasteiger partial charge in [0.1, 0.15) is 0 Å². The van der Waals surface area contributed by atoms with Gasteiger partial charge in [-0.2, -0.15) is 0 Å². The number of aryl methyl sites for hydroxylation is 2. The van der Waals surface area contributed by atoms with Crippen LogP contribution in [0.1, 0.15) is 47.5 Å². The van der Waals surface area contributed by atoms with Crippen molar-refractivity contribution in [2.45, 2.75) is 39.8 Å². The van der Waals surface area contributed by atoms with Crippen LogP contribution in [0.25, 0.3) is 0 Å². The zero-order valence-corrected chi connectivity index (χ0v) is 14.3. The molecule has 2 aromatic rings. The molecule has 6 heteroatoms. The van der Waals surface area contributed by atoms with E-state index in [2.05, 4.69) is 16.6 Å². The number of nitrogens with zero attached hydrogens (tertiary/aromatic N) is 2. The van der Waals surface area contributed by atoms with Crippen LogP contribution in [-0.2, 0) is 4.84 Å². The molecule has 1 aliphatic rings. The van der Waals surface area contributed by atoms with E-state index in [1.165, 1.54) is 6.26 Å². The van der Waals surface area contributed by atoms with Crippen molar-refractivity contribution in [3.63, 3.8) is 0 Å². The fourth-order valence-electron chi connectivity index (χ4n) is 2.69. The van der Waals surface area contributed by atoms with Crippen molar-refractivity contribution >= 4 is 11.7 Å². The molecule has 1 N–H and O–H groups in total. The Kier molecular flexibility index (Phi) is 4.05. The average Bonchev–Trinajstić information content (AvgIpc) is 3.16. The highest BCUT2D eigenvalue weighted by molar-refractivity contribution is 6.02. The number of carbonyl (C=O) groups excluding carboxylic acids is 1. The van der Waals surface area contributed by atoms with Crippen molar-refractivity contribution < 1.29 is 14.0 Å². The van der Waals surface area contributed by atoms with E-state index in [0.717, 1.165) is 16.7 Å². The molecular weight excluding hydrogens is 306 g/mol. The first-order valence-electron chi connectivity index (χ1n) is 7.92. The first-order chi connectivity index (χ1) is 11.4. The van der Waals surface area contributed by atoms with Crippen molar-refractivity contribution in [2.24, 2.45) is 5.16 Å². The van der Waals surface area contributed by atoms with Crippen LogP contribution in [0.2, 0.25) is 0 Å². The summed E-state index contributed by atoms with van der Waals surface area (Å²) in [5, 5.41) is 5.90. The molecule has 1 unspecified atom stereocenters. The third-order valence-corrected chi connectivity index (χ3v) is 4.11. The second-order valence-electron chi connectivity index (χ2n) is 6.16. The highest BCUT2D eigenvalue weighted by atomic mass is 16.7. The van der Waals surface area contributed by atoms with E-state index >= 15 is 0 Å². The third-order valence-electron chi connectivity index (χ3n) is 4.11. The molecule has 1 atom stereocenters. The Balaban J connectivity index is 1.94. The standard InChI is InChI=1S/C18H21N3O3/c1-5-18(4)21(19-17(22)15-7-6-8-23-15)16(20-24-18)14-10-12(2)9-13(3)11-14/h6-11H,5H2,1-4H3,(H,19,22). The summed E-state index contributed by atoms with van der Waals surface area (Å²) in [6, 6.07) is 9.41. The van der Waals surface area contributed by atoms with Crippen LogP contribution in [0.3, 0.4) is 0 Å². The topological polar surface area (TPSA) is 67.1 Å². The summed E-state index contributed by atoms with van der Waals surface area (Å²) < 4.78 is 5.17. The zero-order valence-electron chi connectivity index (χ0n) is 14.3. The molecule has 1 amide bonds. The van der Waals surface area contributed by atoms with Crippen LogP contribution in [0.15, 0.2) is 46.2 Å². The van der Waals surface area contributed by atoms with Crippen molar-refractivity contribution in [2.75, 3.05) is 0 Å². The van der Waals surface area contributed by atoms with Crippen LogP contribution < -0.4 is 5.43 Å². The summed E-state index contributed by atoms with van der Waals surface area (Å²) >= 11 is 0. The van der Waals surface area contributed by atoms with Crippen LogP contribution in [0.4, 0.5) is 0 Å². The lowest BCUT2D eigenvalue weighted by atomic mass is 10.1. The molecule has 3 rings (SSSR count). The minimum atomic E-state index is -0.755. The van der Waals surface area contributed by atoms with E-state index in [1.807, 2.05) is 39.8 Å². The number of furan rings is 1. The molecule has 0 saturated heterocycles. The lowest BCUT2D eigenvalue weighted by Gasteiger charge is -2.33. The Bertz CT molecular complexity index is 763. The van der Waals surface area contributed by atoms with Crippen molar-refractivity contribution in [1.29, 1.82) is 0 Å². The number of rotatable bonds is 4. The zero-order chi connectivity index (χ0) is 17.3. The molecular formula is C18H21N3O3. The van der Waals surface area contributed by atoms with Crippen molar-refractivity contribution in [3.8, 4) is 0 Å². The number of amidine groups is 1. The minimum absolute atomic E-state index is 0.236. The van der Waals surface area contributed by atoms with Gasteiger partial charge in [0.25, 0.3) is 0 Å². The monoisotopic (exact) mass is 327 g/mol. The number of nitrogens with one attached hydrogen (secondary N) is 1. The van der Waals surface area contributed by atoms with Gasteiger partial charge in [-0.3, -0.25) is 10.2 Å². The molecule has 0 saturated carbocycles. The van der Waals surface area contributed by atoms with Gasteiger partial charge < -0.3 is 9.25 Å². The summed E-state index contributed by atoms with van der Waals surface area (Å²) in [4.78, 5) is 18.1. The summed E-state index contributed by atoms with van der Waals surface area (Å²) in [6.45, 7) is 7.91. The number of hydrazine groups is 1. The lowest BCUT2D eigenvalue weighted by Crippen LogP contribution is -2.55. The number of hydrogen-bond acceptors (Lipinski definition) is 5. The molecule has 0 fully saturated rings. The van der Waals surface area contributed by atoms with Crippen LogP contribution in [0, 0.1) is 13.8 Å². The van der Waals surface area contributed by atoms with E-state index in [9.17, 15) is 4.79 Å². The second kappa shape index (κ2) is 6.03. The van der Waals surface area contributed by atoms with E-state index in [1.54, 1.807) is 17.1 Å². The van der Waals surface area contributed by atoms with E-state index < -0.39 is 5.72 Å². The maximum absolute atomic E-state index is 12.4. The summed E-state index contributed by atoms with van der Waals surface area (Å²) in [5.74, 6) is 0.466. The predicted molar refractivity (Wildman–Crippen MR) is 90.2 cm³/mol. The molecule has 2 heterocycles. The highest BCUT2D eigenvalue weighted by Gasteiger charge is 2.42. The maximum Gasteiger partial charge on any atom is 0.305 e. The number of amides is 1. The molecule has 126 valence electrons. The smallest absolute Gasteiger partial charge is 0.305 e. The fraction of sp³-hybridized carbons (Fsp3) is 0.333. The van der Waals surface area contributed by atoms with Gasteiger partial charge in [0, 0.05) is 12.0 Å². The quantitative estimate of drug-likeness (QED) is 0.935. The summed E-state index contributed by atoms with van der Waals surface area (Å²) in [5.41, 5.74) is 5.23. The SMILES string of the molecule is CCC1(C)ON=C(c2cc(C)cc(C)c2)N1NC(=O)c1ccco1. The van der Waals surface area contributed by atoms with Gasteiger partial charge in [0.2, 0.25) is 5.72 Å². The highest BCUT2D eigenvalue weighted by Crippen LogP contribution is 2.29. The maximum atomic E-state index is 12.4.